The number of halogens is 1. The first kappa shape index (κ1) is 14.0. The van der Waals surface area contributed by atoms with Gasteiger partial charge in [-0.2, -0.15) is 0 Å². The lowest BCUT2D eigenvalue weighted by Crippen LogP contribution is -2.14. The Morgan fingerprint density at radius 1 is 1.47 bits per heavy atom. The normalized spacial score (nSPS) is 12.4. The van der Waals surface area contributed by atoms with Crippen molar-refractivity contribution in [2.24, 2.45) is 7.05 Å². The molecular weight excluding hydrogens is 308 g/mol. The number of hydrogen-bond donors (Lipinski definition) is 1. The molecule has 5 nitrogen and oxygen atoms in total. The first-order valence-corrected chi connectivity index (χ1v) is 6.83. The zero-order valence-electron chi connectivity index (χ0n) is 11.2. The lowest BCUT2D eigenvalue weighted by atomic mass is 10.1. The molecule has 1 unspecified atom stereocenters. The predicted molar refractivity (Wildman–Crippen MR) is 77.0 cm³/mol. The maximum Gasteiger partial charge on any atom is 0.170 e. The molecule has 0 aliphatic rings. The molecule has 1 heterocycles. The Morgan fingerprint density at radius 3 is 2.89 bits per heavy atom. The van der Waals surface area contributed by atoms with Crippen LogP contribution >= 0.6 is 15.9 Å². The van der Waals surface area contributed by atoms with Crippen LogP contribution in [0, 0.1) is 0 Å². The Bertz CT molecular complexity index is 555. The van der Waals surface area contributed by atoms with Crippen molar-refractivity contribution < 1.29 is 4.74 Å². The Balaban J connectivity index is 2.19. The highest BCUT2D eigenvalue weighted by Crippen LogP contribution is 2.29. The van der Waals surface area contributed by atoms with Gasteiger partial charge in [-0.1, -0.05) is 22.0 Å². The summed E-state index contributed by atoms with van der Waals surface area (Å²) in [5.74, 6) is 1.64. The number of benzene rings is 1. The summed E-state index contributed by atoms with van der Waals surface area (Å²) < 4.78 is 8.71. The maximum absolute atomic E-state index is 5.87. The molecule has 2 aromatic rings. The van der Waals surface area contributed by atoms with Gasteiger partial charge in [0, 0.05) is 23.1 Å². The van der Waals surface area contributed by atoms with Crippen molar-refractivity contribution in [1.29, 1.82) is 0 Å². The molecule has 0 radical (unpaired) electrons. The minimum atomic E-state index is 0.225. The van der Waals surface area contributed by atoms with E-state index in [0.29, 0.717) is 6.61 Å². The fraction of sp³-hybridized carbons (Fsp3) is 0.385. The lowest BCUT2D eigenvalue weighted by molar-refractivity contribution is 0.285. The molecule has 2 rings (SSSR count). The highest BCUT2D eigenvalue weighted by molar-refractivity contribution is 9.10. The van der Waals surface area contributed by atoms with Gasteiger partial charge in [-0.15, -0.1) is 10.2 Å². The molecule has 0 saturated carbocycles. The number of nitrogens with zero attached hydrogens (tertiary/aromatic N) is 3. The third-order valence-electron chi connectivity index (χ3n) is 3.04. The van der Waals surface area contributed by atoms with Gasteiger partial charge in [-0.05, 0) is 26.1 Å². The van der Waals surface area contributed by atoms with Gasteiger partial charge in [0.25, 0.3) is 0 Å². The predicted octanol–water partition coefficient (Wildman–Crippen LogP) is 2.44. The topological polar surface area (TPSA) is 52.0 Å². The van der Waals surface area contributed by atoms with Crippen molar-refractivity contribution >= 4 is 15.9 Å². The van der Waals surface area contributed by atoms with Crippen molar-refractivity contribution in [3.8, 4) is 5.75 Å². The minimum absolute atomic E-state index is 0.225. The van der Waals surface area contributed by atoms with E-state index < -0.39 is 0 Å². The molecule has 0 fully saturated rings. The molecular formula is C13H17BrN4O. The molecule has 0 spiro atoms. The van der Waals surface area contributed by atoms with Crippen LogP contribution in [0.15, 0.2) is 29.0 Å². The van der Waals surface area contributed by atoms with Crippen LogP contribution in [0.25, 0.3) is 0 Å². The second-order valence-corrected chi connectivity index (χ2v) is 5.25. The summed E-state index contributed by atoms with van der Waals surface area (Å²) in [5, 5.41) is 11.1. The van der Waals surface area contributed by atoms with E-state index in [-0.39, 0.29) is 6.04 Å². The van der Waals surface area contributed by atoms with Crippen molar-refractivity contribution in [3.05, 3.63) is 40.4 Å². The fourth-order valence-electron chi connectivity index (χ4n) is 1.73. The van der Waals surface area contributed by atoms with Crippen LogP contribution in [-0.2, 0) is 13.7 Å². The summed E-state index contributed by atoms with van der Waals surface area (Å²) in [7, 11) is 3.83. The Kier molecular flexibility index (Phi) is 4.55. The molecule has 6 heteroatoms. The number of aromatic nitrogens is 3. The summed E-state index contributed by atoms with van der Waals surface area (Å²) in [5.41, 5.74) is 1.12. The zero-order valence-corrected chi connectivity index (χ0v) is 12.8. The molecule has 1 atom stereocenters. The zero-order chi connectivity index (χ0) is 13.8. The van der Waals surface area contributed by atoms with Gasteiger partial charge in [0.2, 0.25) is 0 Å². The molecule has 0 saturated heterocycles. The van der Waals surface area contributed by atoms with E-state index in [4.69, 9.17) is 4.74 Å². The molecule has 0 amide bonds. The summed E-state index contributed by atoms with van der Waals surface area (Å²) in [6.07, 6.45) is 1.66. The number of ether oxygens (including phenoxy) is 1. The average Bonchev–Trinajstić information content (AvgIpc) is 2.81. The van der Waals surface area contributed by atoms with Gasteiger partial charge in [0.05, 0.1) is 0 Å². The van der Waals surface area contributed by atoms with Crippen molar-refractivity contribution in [2.75, 3.05) is 7.05 Å². The van der Waals surface area contributed by atoms with E-state index >= 15 is 0 Å². The number of hydrogen-bond acceptors (Lipinski definition) is 4. The minimum Gasteiger partial charge on any atom is -0.485 e. The van der Waals surface area contributed by atoms with Crippen LogP contribution in [0.2, 0.25) is 0 Å². The monoisotopic (exact) mass is 324 g/mol. The van der Waals surface area contributed by atoms with E-state index in [2.05, 4.69) is 44.4 Å². The van der Waals surface area contributed by atoms with Crippen molar-refractivity contribution in [2.45, 2.75) is 19.6 Å². The van der Waals surface area contributed by atoms with Gasteiger partial charge in [0.15, 0.2) is 5.82 Å². The Labute approximate surface area is 121 Å². The molecule has 0 aliphatic heterocycles. The first-order valence-electron chi connectivity index (χ1n) is 6.04. The molecule has 1 aromatic heterocycles. The number of rotatable bonds is 5. The van der Waals surface area contributed by atoms with Crippen LogP contribution in [0.5, 0.6) is 5.75 Å². The standard InChI is InChI=1S/C13H17BrN4O/c1-9(15-2)11-5-4-10(14)6-12(11)19-7-13-17-16-8-18(13)3/h4-6,8-9,15H,7H2,1-3H3. The quantitative estimate of drug-likeness (QED) is 0.917. The number of nitrogens with one attached hydrogen (secondary N) is 1. The number of aryl methyl sites for hydroxylation is 1. The molecule has 0 aliphatic carbocycles. The molecule has 1 N–H and O–H groups in total. The van der Waals surface area contributed by atoms with Gasteiger partial charge >= 0.3 is 0 Å². The van der Waals surface area contributed by atoms with Crippen molar-refractivity contribution in [1.82, 2.24) is 20.1 Å². The van der Waals surface area contributed by atoms with Gasteiger partial charge in [0.1, 0.15) is 18.7 Å². The SMILES string of the molecule is CNC(C)c1ccc(Br)cc1OCc1nncn1C. The molecule has 1 aromatic carbocycles. The summed E-state index contributed by atoms with van der Waals surface area (Å²) in [6, 6.07) is 6.26. The molecule has 19 heavy (non-hydrogen) atoms. The van der Waals surface area contributed by atoms with Crippen LogP contribution in [0.1, 0.15) is 24.4 Å². The van der Waals surface area contributed by atoms with E-state index in [9.17, 15) is 0 Å². The average molecular weight is 325 g/mol. The lowest BCUT2D eigenvalue weighted by Gasteiger charge is -2.16. The Morgan fingerprint density at radius 2 is 2.26 bits per heavy atom. The van der Waals surface area contributed by atoms with Crippen LogP contribution in [0.3, 0.4) is 0 Å². The van der Waals surface area contributed by atoms with Gasteiger partial charge in [-0.25, -0.2) is 0 Å². The smallest absolute Gasteiger partial charge is 0.170 e. The van der Waals surface area contributed by atoms with E-state index in [1.807, 2.05) is 30.8 Å². The van der Waals surface area contributed by atoms with Gasteiger partial charge in [-0.3, -0.25) is 0 Å². The summed E-state index contributed by atoms with van der Waals surface area (Å²) in [6.45, 7) is 2.49. The van der Waals surface area contributed by atoms with Crippen LogP contribution in [-0.4, -0.2) is 21.8 Å². The Hall–Kier alpha value is -1.40. The largest absolute Gasteiger partial charge is 0.485 e. The third-order valence-corrected chi connectivity index (χ3v) is 3.53. The third kappa shape index (κ3) is 3.33. The summed E-state index contributed by atoms with van der Waals surface area (Å²) in [4.78, 5) is 0. The fourth-order valence-corrected chi connectivity index (χ4v) is 2.07. The second-order valence-electron chi connectivity index (χ2n) is 4.34. The first-order chi connectivity index (χ1) is 9.11. The van der Waals surface area contributed by atoms with Crippen LogP contribution in [0.4, 0.5) is 0 Å². The molecule has 0 bridgehead atoms. The molecule has 102 valence electrons. The maximum atomic E-state index is 5.87. The highest BCUT2D eigenvalue weighted by atomic mass is 79.9. The second kappa shape index (κ2) is 6.16. The van der Waals surface area contributed by atoms with E-state index in [1.165, 1.54) is 0 Å². The van der Waals surface area contributed by atoms with Crippen molar-refractivity contribution in [3.63, 3.8) is 0 Å². The van der Waals surface area contributed by atoms with E-state index in [0.717, 1.165) is 21.6 Å². The van der Waals surface area contributed by atoms with E-state index in [1.54, 1.807) is 6.33 Å². The van der Waals surface area contributed by atoms with Crippen LogP contribution < -0.4 is 10.1 Å². The summed E-state index contributed by atoms with van der Waals surface area (Å²) >= 11 is 3.47. The highest BCUT2D eigenvalue weighted by Gasteiger charge is 2.11. The van der Waals surface area contributed by atoms with Gasteiger partial charge < -0.3 is 14.6 Å².